The van der Waals surface area contributed by atoms with E-state index in [1.807, 2.05) is 43.3 Å². The second kappa shape index (κ2) is 15.8. The minimum atomic E-state index is -4.22. The summed E-state index contributed by atoms with van der Waals surface area (Å²) in [7, 11) is -4.22. The Morgan fingerprint density at radius 2 is 1.53 bits per heavy atom. The first-order chi connectivity index (χ1) is 22.6. The van der Waals surface area contributed by atoms with Crippen LogP contribution in [0.4, 0.5) is 5.69 Å². The minimum Gasteiger partial charge on any atom is -0.352 e. The van der Waals surface area contributed by atoms with E-state index in [0.29, 0.717) is 15.6 Å². The Morgan fingerprint density at radius 1 is 0.851 bits per heavy atom. The summed E-state index contributed by atoms with van der Waals surface area (Å²) in [5.41, 5.74) is 2.64. The maximum Gasteiger partial charge on any atom is 0.264 e. The molecule has 10 heteroatoms. The fourth-order valence-corrected chi connectivity index (χ4v) is 7.69. The van der Waals surface area contributed by atoms with Crippen molar-refractivity contribution in [2.45, 2.75) is 69.0 Å². The van der Waals surface area contributed by atoms with E-state index >= 15 is 0 Å². The van der Waals surface area contributed by atoms with E-state index in [1.54, 1.807) is 48.5 Å². The molecule has 0 aliphatic heterocycles. The highest BCUT2D eigenvalue weighted by Gasteiger charge is 2.35. The summed E-state index contributed by atoms with van der Waals surface area (Å²) in [6.07, 6.45) is 5.17. The standard InChI is InChI=1S/C37H39Cl2N3O4S/c1-27-19-21-33(22-20-27)47(45,46)42(32-17-10-14-30(38)24-32)26-36(43)41(25-29-13-8-9-18-34(29)39)35(23-28-11-4-2-5-12-28)37(44)40-31-15-6-3-7-16-31/h2,4-5,8-14,17-22,24,31,35H,3,6-7,15-16,23,25-26H2,1H3,(H,40,44)/t35-/m0/s1. The lowest BCUT2D eigenvalue weighted by Crippen LogP contribution is -2.55. The van der Waals surface area contributed by atoms with Gasteiger partial charge in [-0.2, -0.15) is 0 Å². The Morgan fingerprint density at radius 3 is 2.21 bits per heavy atom. The third-order valence-corrected chi connectivity index (χ3v) is 10.9. The molecule has 1 N–H and O–H groups in total. The molecule has 1 aliphatic rings. The van der Waals surface area contributed by atoms with Crippen molar-refractivity contribution in [3.05, 3.63) is 130 Å². The first-order valence-corrected chi connectivity index (χ1v) is 18.0. The van der Waals surface area contributed by atoms with Crippen LogP contribution in [0.3, 0.4) is 0 Å². The molecule has 1 atom stereocenters. The summed E-state index contributed by atoms with van der Waals surface area (Å²) < 4.78 is 29.4. The molecule has 5 rings (SSSR count). The van der Waals surface area contributed by atoms with Crippen molar-refractivity contribution in [2.24, 2.45) is 0 Å². The summed E-state index contributed by atoms with van der Waals surface area (Å²) in [5.74, 6) is -0.836. The van der Waals surface area contributed by atoms with Gasteiger partial charge in [0.2, 0.25) is 11.8 Å². The third kappa shape index (κ3) is 8.95. The molecular weight excluding hydrogens is 653 g/mol. The van der Waals surface area contributed by atoms with Crippen molar-refractivity contribution < 1.29 is 18.0 Å². The second-order valence-corrected chi connectivity index (χ2v) is 14.7. The summed E-state index contributed by atoms with van der Waals surface area (Å²) in [6.45, 7) is 1.30. The van der Waals surface area contributed by atoms with Crippen LogP contribution in [0.1, 0.15) is 48.8 Å². The van der Waals surface area contributed by atoms with Crippen LogP contribution < -0.4 is 9.62 Å². The summed E-state index contributed by atoms with van der Waals surface area (Å²) >= 11 is 12.9. The maximum absolute atomic E-state index is 14.7. The molecule has 0 heterocycles. The number of halogens is 2. The predicted molar refractivity (Wildman–Crippen MR) is 188 cm³/mol. The van der Waals surface area contributed by atoms with E-state index in [9.17, 15) is 18.0 Å². The van der Waals surface area contributed by atoms with Gasteiger partial charge in [0.1, 0.15) is 12.6 Å². The first-order valence-electron chi connectivity index (χ1n) is 15.8. The van der Waals surface area contributed by atoms with Gasteiger partial charge in [-0.3, -0.25) is 13.9 Å². The predicted octanol–water partition coefficient (Wildman–Crippen LogP) is 7.59. The van der Waals surface area contributed by atoms with Crippen LogP contribution in [0.2, 0.25) is 10.0 Å². The third-order valence-electron chi connectivity index (χ3n) is 8.51. The number of hydrogen-bond donors (Lipinski definition) is 1. The van der Waals surface area contributed by atoms with Crippen LogP contribution in [-0.2, 0) is 32.6 Å². The van der Waals surface area contributed by atoms with E-state index in [4.69, 9.17) is 23.2 Å². The molecule has 1 fully saturated rings. The van der Waals surface area contributed by atoms with Gasteiger partial charge in [0.05, 0.1) is 10.6 Å². The van der Waals surface area contributed by atoms with Gasteiger partial charge in [0.15, 0.2) is 0 Å². The van der Waals surface area contributed by atoms with E-state index < -0.39 is 28.5 Å². The SMILES string of the molecule is Cc1ccc(S(=O)(=O)N(CC(=O)N(Cc2ccccc2Cl)[C@@H](Cc2ccccc2)C(=O)NC2CCCCC2)c2cccc(Cl)c2)cc1. The molecule has 1 saturated carbocycles. The van der Waals surface area contributed by atoms with Crippen molar-refractivity contribution >= 4 is 50.7 Å². The number of anilines is 1. The van der Waals surface area contributed by atoms with Gasteiger partial charge in [0.25, 0.3) is 10.0 Å². The number of amides is 2. The van der Waals surface area contributed by atoms with Crippen LogP contribution in [0, 0.1) is 6.92 Å². The minimum absolute atomic E-state index is 0.00204. The van der Waals surface area contributed by atoms with Crippen molar-refractivity contribution in [2.75, 3.05) is 10.8 Å². The highest BCUT2D eigenvalue weighted by molar-refractivity contribution is 7.92. The molecule has 0 spiro atoms. The number of rotatable bonds is 12. The Kier molecular flexibility index (Phi) is 11.6. The number of benzene rings is 4. The Labute approximate surface area is 287 Å². The zero-order valence-electron chi connectivity index (χ0n) is 26.3. The lowest BCUT2D eigenvalue weighted by Gasteiger charge is -2.35. The van der Waals surface area contributed by atoms with Gasteiger partial charge in [-0.1, -0.05) is 115 Å². The van der Waals surface area contributed by atoms with Crippen LogP contribution >= 0.6 is 23.2 Å². The topological polar surface area (TPSA) is 86.8 Å². The average Bonchev–Trinajstić information content (AvgIpc) is 3.07. The Bertz CT molecular complexity index is 1780. The summed E-state index contributed by atoms with van der Waals surface area (Å²) in [5, 5.41) is 3.97. The molecule has 7 nitrogen and oxygen atoms in total. The molecule has 4 aromatic carbocycles. The molecular formula is C37H39Cl2N3O4S. The van der Waals surface area contributed by atoms with Crippen molar-refractivity contribution in [3.63, 3.8) is 0 Å². The number of aryl methyl sites for hydroxylation is 1. The van der Waals surface area contributed by atoms with Gasteiger partial charge in [0, 0.05) is 29.1 Å². The number of carbonyl (C=O) groups is 2. The number of hydrogen-bond acceptors (Lipinski definition) is 4. The van der Waals surface area contributed by atoms with Crippen molar-refractivity contribution in [1.82, 2.24) is 10.2 Å². The van der Waals surface area contributed by atoms with Crippen LogP contribution in [0.5, 0.6) is 0 Å². The molecule has 0 radical (unpaired) electrons. The lowest BCUT2D eigenvalue weighted by atomic mass is 9.94. The van der Waals surface area contributed by atoms with Gasteiger partial charge >= 0.3 is 0 Å². The first kappa shape index (κ1) is 34.5. The molecule has 4 aromatic rings. The fraction of sp³-hybridized carbons (Fsp3) is 0.297. The van der Waals surface area contributed by atoms with E-state index in [-0.39, 0.29) is 35.5 Å². The Balaban J connectivity index is 1.57. The molecule has 0 saturated heterocycles. The maximum atomic E-state index is 14.7. The average molecular weight is 693 g/mol. The van der Waals surface area contributed by atoms with Gasteiger partial charge in [-0.25, -0.2) is 8.42 Å². The summed E-state index contributed by atoms with van der Waals surface area (Å²) in [6, 6.07) is 28.6. The van der Waals surface area contributed by atoms with Crippen molar-refractivity contribution in [3.8, 4) is 0 Å². The smallest absolute Gasteiger partial charge is 0.264 e. The van der Waals surface area contributed by atoms with Gasteiger partial charge in [-0.05, 0) is 67.3 Å². The zero-order chi connectivity index (χ0) is 33.4. The normalized spacial score (nSPS) is 14.3. The molecule has 47 heavy (non-hydrogen) atoms. The quantitative estimate of drug-likeness (QED) is 0.166. The van der Waals surface area contributed by atoms with E-state index in [0.717, 1.165) is 47.5 Å². The number of carbonyl (C=O) groups excluding carboxylic acids is 2. The number of nitrogens with zero attached hydrogens (tertiary/aromatic N) is 2. The summed E-state index contributed by atoms with van der Waals surface area (Å²) in [4.78, 5) is 30.4. The van der Waals surface area contributed by atoms with E-state index in [2.05, 4.69) is 5.32 Å². The number of nitrogens with one attached hydrogen (secondary N) is 1. The molecule has 0 bridgehead atoms. The van der Waals surface area contributed by atoms with Crippen LogP contribution in [0.15, 0.2) is 108 Å². The number of sulfonamides is 1. The highest BCUT2D eigenvalue weighted by atomic mass is 35.5. The molecule has 0 aromatic heterocycles. The lowest BCUT2D eigenvalue weighted by molar-refractivity contribution is -0.140. The van der Waals surface area contributed by atoms with Gasteiger partial charge in [-0.15, -0.1) is 0 Å². The Hall–Kier alpha value is -3.85. The van der Waals surface area contributed by atoms with Crippen LogP contribution in [0.25, 0.3) is 0 Å². The van der Waals surface area contributed by atoms with Crippen molar-refractivity contribution in [1.29, 1.82) is 0 Å². The van der Waals surface area contributed by atoms with Gasteiger partial charge < -0.3 is 10.2 Å². The molecule has 1 aliphatic carbocycles. The fourth-order valence-electron chi connectivity index (χ4n) is 5.91. The largest absolute Gasteiger partial charge is 0.352 e. The highest BCUT2D eigenvalue weighted by Crippen LogP contribution is 2.28. The zero-order valence-corrected chi connectivity index (χ0v) is 28.6. The van der Waals surface area contributed by atoms with Crippen LogP contribution in [-0.4, -0.2) is 43.8 Å². The van der Waals surface area contributed by atoms with E-state index in [1.165, 1.54) is 23.1 Å². The molecule has 2 amide bonds. The molecule has 0 unspecified atom stereocenters. The molecule has 246 valence electrons. The second-order valence-electron chi connectivity index (χ2n) is 12.0. The monoisotopic (exact) mass is 691 g/mol.